The molecule has 0 bridgehead atoms. The summed E-state index contributed by atoms with van der Waals surface area (Å²) in [5.41, 5.74) is 20.5. The van der Waals surface area contributed by atoms with Crippen molar-refractivity contribution in [1.29, 1.82) is 5.41 Å². The van der Waals surface area contributed by atoms with Gasteiger partial charge in [0, 0.05) is 35.3 Å². The topological polar surface area (TPSA) is 169 Å². The molecule has 65 heavy (non-hydrogen) atoms. The summed E-state index contributed by atoms with van der Waals surface area (Å²) in [7, 11) is 0. The third kappa shape index (κ3) is 20.8. The number of nitrogens with zero attached hydrogens (tertiary/aromatic N) is 1. The lowest BCUT2D eigenvalue weighted by Gasteiger charge is -2.22. The molecule has 346 valence electrons. The lowest BCUT2D eigenvalue weighted by Crippen LogP contribution is -2.42. The average molecular weight is 880 g/mol. The Morgan fingerprint density at radius 3 is 1.88 bits per heavy atom. The Bertz CT molecular complexity index is 2300. The van der Waals surface area contributed by atoms with Gasteiger partial charge in [-0.05, 0) is 156 Å². The van der Waals surface area contributed by atoms with Crippen LogP contribution in [0.5, 0.6) is 5.75 Å². The van der Waals surface area contributed by atoms with Crippen molar-refractivity contribution in [2.45, 2.75) is 126 Å². The van der Waals surface area contributed by atoms with Crippen LogP contribution in [0.2, 0.25) is 0 Å². The number of fused-ring (bicyclic) bond motifs is 1. The van der Waals surface area contributed by atoms with Gasteiger partial charge in [0.15, 0.2) is 0 Å². The van der Waals surface area contributed by atoms with Crippen LogP contribution < -0.4 is 17.4 Å². The van der Waals surface area contributed by atoms with Crippen LogP contribution in [0.15, 0.2) is 103 Å². The summed E-state index contributed by atoms with van der Waals surface area (Å²) < 4.78 is 0. The minimum Gasteiger partial charge on any atom is -0.508 e. The van der Waals surface area contributed by atoms with Gasteiger partial charge in [0.25, 0.3) is 5.91 Å². The van der Waals surface area contributed by atoms with Crippen molar-refractivity contribution in [2.24, 2.45) is 27.9 Å². The number of anilines is 1. The van der Waals surface area contributed by atoms with E-state index in [0.717, 1.165) is 43.2 Å². The maximum absolute atomic E-state index is 12.6. The molecule has 1 saturated heterocycles. The minimum absolute atomic E-state index is 0.226. The molecule has 6 rings (SSSR count). The van der Waals surface area contributed by atoms with E-state index in [1.54, 1.807) is 48.5 Å². The van der Waals surface area contributed by atoms with Crippen molar-refractivity contribution >= 4 is 29.0 Å². The van der Waals surface area contributed by atoms with E-state index in [1.165, 1.54) is 46.4 Å². The Labute approximate surface area is 389 Å². The summed E-state index contributed by atoms with van der Waals surface area (Å²) in [5.74, 6) is 16.2. The maximum Gasteiger partial charge on any atom is 0.347 e. The number of benzene rings is 4. The first-order valence-corrected chi connectivity index (χ1v) is 22.6. The molecule has 1 aliphatic carbocycles. The molecule has 4 aromatic carbocycles. The fraction of sp³-hybridized carbons (Fsp3) is 0.411. The second-order valence-electron chi connectivity index (χ2n) is 20.3. The number of likely N-dealkylation sites (tertiary alicyclic amines) is 1. The summed E-state index contributed by atoms with van der Waals surface area (Å²) >= 11 is 0. The Hall–Kier alpha value is -6.29. The van der Waals surface area contributed by atoms with E-state index in [-0.39, 0.29) is 5.91 Å². The number of hydrogen-bond acceptors (Lipinski definition) is 7. The summed E-state index contributed by atoms with van der Waals surface area (Å²) in [4.78, 5) is 30.1. The van der Waals surface area contributed by atoms with Gasteiger partial charge in [0.2, 0.25) is 0 Å². The SMILES string of the molecule is CC(C)(C)CC1=CCc2ccccc21.CC(C)(C)CCCCC(=N)N.CC(C)(C)Cc1ccc(O)cc1.NOC(=O)C1CCCN1C(=O)c1ccc(C#CC#Cc2ccc(N)cc2)cc1. The molecule has 0 radical (unpaired) electrons. The number of nitrogens with one attached hydrogen (secondary N) is 1. The molecule has 1 aliphatic heterocycles. The molecule has 4 aromatic rings. The van der Waals surface area contributed by atoms with Crippen molar-refractivity contribution in [3.8, 4) is 29.4 Å². The molecule has 8 N–H and O–H groups in total. The lowest BCUT2D eigenvalue weighted by molar-refractivity contribution is -0.148. The number of rotatable bonds is 8. The zero-order valence-electron chi connectivity index (χ0n) is 40.3. The highest BCUT2D eigenvalue weighted by molar-refractivity contribution is 5.97. The van der Waals surface area contributed by atoms with Gasteiger partial charge in [-0.2, -0.15) is 5.90 Å². The van der Waals surface area contributed by atoms with E-state index in [1.807, 2.05) is 24.3 Å². The number of hydrogen-bond donors (Lipinski definition) is 5. The molecule has 9 nitrogen and oxygen atoms in total. The number of allylic oxidation sites excluding steroid dienone is 2. The standard InChI is InChI=1S/C22H19N3O3.C14H18.C11H16O.C9H20N2/c23-19-13-9-17(10-14-19)5-2-1-4-16-7-11-18(12-8-16)21(26)25-15-3-6-20(25)22(27)28-24;1-14(2,3)10-12-9-8-11-6-4-5-7-13(11)12;1-11(2,3)8-9-4-6-10(12)7-5-9;1-9(2,3)7-5-4-6-8(10)11/h7-14,20H,3,6,15,23-24H2;4-7,9H,8,10H2,1-3H3;4-7,12H,8H2,1-3H3;4-7H2,1-3H3,(H3,10,11). The van der Waals surface area contributed by atoms with E-state index in [4.69, 9.17) is 27.9 Å². The predicted molar refractivity (Wildman–Crippen MR) is 269 cm³/mol. The number of unbranched alkanes of at least 4 members (excludes halogenated alkanes) is 1. The number of aromatic hydroxyl groups is 1. The van der Waals surface area contributed by atoms with Crippen LogP contribution in [0, 0.1) is 45.3 Å². The third-order valence-electron chi connectivity index (χ3n) is 10.4. The lowest BCUT2D eigenvalue weighted by atomic mass is 9.86. The molecule has 1 unspecified atom stereocenters. The number of amidine groups is 1. The summed E-state index contributed by atoms with van der Waals surface area (Å²) in [5, 5.41) is 16.1. The second-order valence-corrected chi connectivity index (χ2v) is 20.3. The molecule has 9 heteroatoms. The molecule has 0 aromatic heterocycles. The third-order valence-corrected chi connectivity index (χ3v) is 10.4. The maximum atomic E-state index is 12.6. The van der Waals surface area contributed by atoms with Crippen molar-refractivity contribution < 1.29 is 19.5 Å². The average Bonchev–Trinajstić information content (AvgIpc) is 3.90. The van der Waals surface area contributed by atoms with Gasteiger partial charge in [-0.15, -0.1) is 0 Å². The number of carbonyl (C=O) groups excluding carboxylic acids is 2. The van der Waals surface area contributed by atoms with Crippen LogP contribution in [0.4, 0.5) is 5.69 Å². The van der Waals surface area contributed by atoms with Crippen molar-refractivity contribution in [3.63, 3.8) is 0 Å². The second kappa shape index (κ2) is 25.3. The highest BCUT2D eigenvalue weighted by atomic mass is 16.7. The first-order valence-electron chi connectivity index (χ1n) is 22.6. The Morgan fingerprint density at radius 1 is 0.769 bits per heavy atom. The molecular formula is C56H73N5O4. The molecule has 1 amide bonds. The van der Waals surface area contributed by atoms with Crippen molar-refractivity contribution in [3.05, 3.63) is 137 Å². The number of nitrogen functional groups attached to an aromatic ring is 1. The molecule has 0 saturated carbocycles. The molecule has 1 fully saturated rings. The number of carbonyl (C=O) groups is 2. The van der Waals surface area contributed by atoms with Gasteiger partial charge in [-0.1, -0.05) is 123 Å². The number of phenolic OH excluding ortho intramolecular Hbond substituents is 1. The molecule has 1 atom stereocenters. The van der Waals surface area contributed by atoms with Gasteiger partial charge in [-0.3, -0.25) is 10.2 Å². The molecular weight excluding hydrogens is 807 g/mol. The number of nitrogens with two attached hydrogens (primary N) is 3. The fourth-order valence-electron chi connectivity index (χ4n) is 7.26. The van der Waals surface area contributed by atoms with Gasteiger partial charge in [0.05, 0.1) is 5.84 Å². The van der Waals surface area contributed by atoms with Crippen LogP contribution in [-0.2, 0) is 22.5 Å². The van der Waals surface area contributed by atoms with Crippen molar-refractivity contribution in [2.75, 3.05) is 12.3 Å². The summed E-state index contributed by atoms with van der Waals surface area (Å²) in [6.45, 7) is 20.7. The quantitative estimate of drug-likeness (QED) is 0.0293. The zero-order valence-corrected chi connectivity index (χ0v) is 40.3. The first-order chi connectivity index (χ1) is 30.5. The van der Waals surface area contributed by atoms with E-state index in [9.17, 15) is 9.59 Å². The van der Waals surface area contributed by atoms with E-state index < -0.39 is 12.0 Å². The van der Waals surface area contributed by atoms with Crippen LogP contribution in [-0.4, -0.2) is 40.3 Å². The van der Waals surface area contributed by atoms with Gasteiger partial charge in [0.1, 0.15) is 11.8 Å². The molecule has 2 aliphatic rings. The highest BCUT2D eigenvalue weighted by Gasteiger charge is 2.35. The van der Waals surface area contributed by atoms with E-state index in [2.05, 4.69) is 121 Å². The van der Waals surface area contributed by atoms with Crippen LogP contribution in [0.3, 0.4) is 0 Å². The van der Waals surface area contributed by atoms with Crippen LogP contribution >= 0.6 is 0 Å². The fourth-order valence-corrected chi connectivity index (χ4v) is 7.26. The highest BCUT2D eigenvalue weighted by Crippen LogP contribution is 2.36. The zero-order chi connectivity index (χ0) is 48.2. The number of phenols is 1. The van der Waals surface area contributed by atoms with Gasteiger partial charge in [-0.25, -0.2) is 4.79 Å². The minimum atomic E-state index is -0.624. The van der Waals surface area contributed by atoms with Crippen LogP contribution in [0.25, 0.3) is 5.57 Å². The normalized spacial score (nSPS) is 13.8. The predicted octanol–water partition coefficient (Wildman–Crippen LogP) is 11.3. The van der Waals surface area contributed by atoms with Crippen LogP contribution in [0.1, 0.15) is 145 Å². The monoisotopic (exact) mass is 880 g/mol. The van der Waals surface area contributed by atoms with Crippen molar-refractivity contribution in [1.82, 2.24) is 4.90 Å². The summed E-state index contributed by atoms with van der Waals surface area (Å²) in [6.07, 6.45) is 11.3. The van der Waals surface area contributed by atoms with E-state index >= 15 is 0 Å². The molecule has 0 spiro atoms. The Morgan fingerprint density at radius 2 is 1.34 bits per heavy atom. The largest absolute Gasteiger partial charge is 0.508 e. The first kappa shape index (κ1) is 53.1. The Balaban J connectivity index is 0.000000254. The number of amides is 1. The Kier molecular flexibility index (Phi) is 20.6. The van der Waals surface area contributed by atoms with Gasteiger partial charge >= 0.3 is 5.97 Å². The molecule has 1 heterocycles. The van der Waals surface area contributed by atoms with Gasteiger partial charge < -0.3 is 26.3 Å². The summed E-state index contributed by atoms with van der Waals surface area (Å²) in [6, 6.07) is 29.6. The van der Waals surface area contributed by atoms with E-state index in [0.29, 0.717) is 52.0 Å². The smallest absolute Gasteiger partial charge is 0.347 e.